The van der Waals surface area contributed by atoms with Gasteiger partial charge in [0.1, 0.15) is 30.9 Å². The van der Waals surface area contributed by atoms with Gasteiger partial charge in [-0.05, 0) is 55.3 Å². The molecule has 12 heteroatoms. The van der Waals surface area contributed by atoms with E-state index in [2.05, 4.69) is 43.4 Å². The van der Waals surface area contributed by atoms with Gasteiger partial charge in [-0.2, -0.15) is 10.2 Å². The predicted molar refractivity (Wildman–Crippen MR) is 147 cm³/mol. The Morgan fingerprint density at radius 1 is 1.12 bits per heavy atom. The van der Waals surface area contributed by atoms with Gasteiger partial charge in [0.2, 0.25) is 11.9 Å². The maximum atomic E-state index is 14.7. The summed E-state index contributed by atoms with van der Waals surface area (Å²) >= 11 is 0. The molecule has 41 heavy (non-hydrogen) atoms. The minimum Gasteiger partial charge on any atom is -0.486 e. The van der Waals surface area contributed by atoms with Crippen LogP contribution in [0, 0.1) is 11.3 Å². The van der Waals surface area contributed by atoms with Gasteiger partial charge in [0, 0.05) is 43.0 Å². The zero-order chi connectivity index (χ0) is 28.3. The van der Waals surface area contributed by atoms with Gasteiger partial charge in [-0.25, -0.2) is 14.4 Å². The minimum absolute atomic E-state index is 0.165. The van der Waals surface area contributed by atoms with E-state index in [1.807, 2.05) is 12.1 Å². The number of aliphatic hydroxyl groups is 1. The molecule has 2 aromatic carbocycles. The topological polar surface area (TPSA) is 137 Å². The van der Waals surface area contributed by atoms with Gasteiger partial charge >= 0.3 is 0 Å². The summed E-state index contributed by atoms with van der Waals surface area (Å²) in [6.45, 7) is 1.26. The average Bonchev–Trinajstić information content (AvgIpc) is 3.35. The van der Waals surface area contributed by atoms with Crippen LogP contribution < -0.4 is 15.0 Å². The molecule has 11 nitrogen and oxygen atoms in total. The van der Waals surface area contributed by atoms with Crippen molar-refractivity contribution >= 4 is 23.2 Å². The molecule has 2 bridgehead atoms. The van der Waals surface area contributed by atoms with Crippen molar-refractivity contribution in [2.24, 2.45) is 0 Å². The molecular weight excluding hydrogens is 529 g/mol. The second-order valence-corrected chi connectivity index (χ2v) is 10.4. The first-order valence-electron chi connectivity index (χ1n) is 13.7. The van der Waals surface area contributed by atoms with Gasteiger partial charge < -0.3 is 29.7 Å². The summed E-state index contributed by atoms with van der Waals surface area (Å²) in [6.07, 6.45) is 2.28. The molecule has 4 atom stereocenters. The number of carbonyl (C=O) groups is 1. The fourth-order valence-corrected chi connectivity index (χ4v) is 5.57. The van der Waals surface area contributed by atoms with Crippen molar-refractivity contribution < 1.29 is 23.8 Å². The zero-order valence-corrected chi connectivity index (χ0v) is 22.3. The van der Waals surface area contributed by atoms with Crippen LogP contribution in [0.25, 0.3) is 11.4 Å². The molecule has 212 valence electrons. The quantitative estimate of drug-likeness (QED) is 0.445. The smallest absolute Gasteiger partial charge is 0.248 e. The third-order valence-corrected chi connectivity index (χ3v) is 7.71. The molecule has 0 aliphatic carbocycles. The number of aromatic nitrogens is 3. The number of nitrogens with zero attached hydrogens (tertiary/aromatic N) is 6. The summed E-state index contributed by atoms with van der Waals surface area (Å²) in [5.74, 6) is 0.447. The van der Waals surface area contributed by atoms with Crippen molar-refractivity contribution in [1.29, 1.82) is 5.26 Å². The minimum atomic E-state index is -1.44. The van der Waals surface area contributed by atoms with E-state index in [-0.39, 0.29) is 30.8 Å². The van der Waals surface area contributed by atoms with Crippen LogP contribution in [0.4, 0.5) is 21.7 Å². The first-order valence-corrected chi connectivity index (χ1v) is 13.7. The monoisotopic (exact) mass is 559 g/mol. The van der Waals surface area contributed by atoms with Crippen molar-refractivity contribution in [3.05, 3.63) is 54.4 Å². The number of alkyl halides is 1. The molecule has 4 heterocycles. The molecule has 3 aliphatic heterocycles. The van der Waals surface area contributed by atoms with Gasteiger partial charge in [0.05, 0.1) is 24.3 Å². The molecule has 3 saturated heterocycles. The lowest BCUT2D eigenvalue weighted by Crippen LogP contribution is -2.50. The van der Waals surface area contributed by atoms with Crippen molar-refractivity contribution in [2.45, 2.75) is 43.7 Å². The van der Waals surface area contributed by atoms with Gasteiger partial charge in [-0.3, -0.25) is 4.79 Å². The largest absolute Gasteiger partial charge is 0.486 e. The number of anilines is 3. The van der Waals surface area contributed by atoms with Gasteiger partial charge in [0.25, 0.3) is 0 Å². The number of ether oxygens (including phenoxy) is 2. The summed E-state index contributed by atoms with van der Waals surface area (Å²) in [5.41, 5.74) is 2.78. The molecule has 0 spiro atoms. The van der Waals surface area contributed by atoms with Gasteiger partial charge in [0.15, 0.2) is 12.0 Å². The highest BCUT2D eigenvalue weighted by molar-refractivity contribution is 5.77. The number of piperidine rings is 1. The van der Waals surface area contributed by atoms with Crippen molar-refractivity contribution in [1.82, 2.24) is 19.9 Å². The summed E-state index contributed by atoms with van der Waals surface area (Å²) < 4.78 is 26.5. The lowest BCUT2D eigenvalue weighted by Gasteiger charge is -2.34. The standard InChI is InChI=1S/C29H30FN7O4/c30-24-15-36(27(39)16-38)10-9-26(24)41-25-8-1-18(11-19(25)12-31)28-32-17-33-29(35-28)34-20-2-4-21(5-3-20)37-13-22-6-7-23(14-37)40-22/h1-5,8,11,17,22-24,26,38H,6-7,9-10,13-16H2,(H,32,33,34,35)/t22?,23?,24-,26?/m1/s1. The maximum Gasteiger partial charge on any atom is 0.248 e. The summed E-state index contributed by atoms with van der Waals surface area (Å²) in [7, 11) is 0. The number of hydrogen-bond acceptors (Lipinski definition) is 10. The number of nitrogens with one attached hydrogen (secondary N) is 1. The van der Waals surface area contributed by atoms with Gasteiger partial charge in [-0.1, -0.05) is 0 Å². The fourth-order valence-electron chi connectivity index (χ4n) is 5.57. The van der Waals surface area contributed by atoms with E-state index in [0.717, 1.165) is 37.3 Å². The number of amides is 1. The van der Waals surface area contributed by atoms with Gasteiger partial charge in [-0.15, -0.1) is 0 Å². The number of hydrogen-bond donors (Lipinski definition) is 2. The summed E-state index contributed by atoms with van der Waals surface area (Å²) in [4.78, 5) is 28.3. The number of rotatable bonds is 7. The van der Waals surface area contributed by atoms with Crippen LogP contribution in [0.2, 0.25) is 0 Å². The highest BCUT2D eigenvalue weighted by Crippen LogP contribution is 2.31. The zero-order valence-electron chi connectivity index (χ0n) is 22.3. The number of aliphatic hydroxyl groups excluding tert-OH is 1. The van der Waals surface area contributed by atoms with Crippen LogP contribution in [-0.4, -0.2) is 88.1 Å². The van der Waals surface area contributed by atoms with Crippen LogP contribution in [-0.2, 0) is 9.53 Å². The molecule has 0 radical (unpaired) electrons. The lowest BCUT2D eigenvalue weighted by molar-refractivity contribution is -0.138. The molecule has 3 unspecified atom stereocenters. The van der Waals surface area contributed by atoms with Crippen LogP contribution in [0.3, 0.4) is 0 Å². The first kappa shape index (κ1) is 26.9. The Balaban J connectivity index is 1.11. The van der Waals surface area contributed by atoms with Crippen LogP contribution in [0.5, 0.6) is 5.75 Å². The Morgan fingerprint density at radius 3 is 2.61 bits per heavy atom. The second-order valence-electron chi connectivity index (χ2n) is 10.4. The lowest BCUT2D eigenvalue weighted by atomic mass is 10.0. The third-order valence-electron chi connectivity index (χ3n) is 7.71. The number of nitriles is 1. The molecule has 1 amide bonds. The van der Waals surface area contributed by atoms with E-state index in [1.165, 1.54) is 11.2 Å². The molecule has 3 aliphatic rings. The number of benzene rings is 2. The Bertz CT molecular complexity index is 1440. The Morgan fingerprint density at radius 2 is 1.90 bits per heavy atom. The molecule has 0 saturated carbocycles. The highest BCUT2D eigenvalue weighted by Gasteiger charge is 2.34. The Labute approximate surface area is 236 Å². The first-order chi connectivity index (χ1) is 20.0. The van der Waals surface area contributed by atoms with Crippen molar-refractivity contribution in [2.75, 3.05) is 43.0 Å². The van der Waals surface area contributed by atoms with E-state index in [0.29, 0.717) is 29.5 Å². The SMILES string of the molecule is N#Cc1cc(-c2ncnc(Nc3ccc(N4CC5CCC(C4)O5)cc3)n2)ccc1OC1CCN(C(=O)CO)C[C@H]1F. The average molecular weight is 560 g/mol. The van der Waals surface area contributed by atoms with Crippen LogP contribution in [0.1, 0.15) is 24.8 Å². The van der Waals surface area contributed by atoms with E-state index in [9.17, 15) is 14.4 Å². The number of carbonyl (C=O) groups excluding carboxylic acids is 1. The second kappa shape index (κ2) is 11.6. The van der Waals surface area contributed by atoms with Crippen molar-refractivity contribution in [3.63, 3.8) is 0 Å². The van der Waals surface area contributed by atoms with E-state index >= 15 is 0 Å². The maximum absolute atomic E-state index is 14.7. The normalized spacial score (nSPS) is 23.6. The summed E-state index contributed by atoms with van der Waals surface area (Å²) in [5, 5.41) is 22.0. The summed E-state index contributed by atoms with van der Waals surface area (Å²) in [6, 6.07) is 15.1. The molecule has 2 N–H and O–H groups in total. The molecule has 3 fully saturated rings. The number of halogens is 1. The predicted octanol–water partition coefficient (Wildman–Crippen LogP) is 2.83. The van der Waals surface area contributed by atoms with Crippen LogP contribution >= 0.6 is 0 Å². The van der Waals surface area contributed by atoms with E-state index < -0.39 is 24.8 Å². The Hall–Kier alpha value is -4.34. The highest BCUT2D eigenvalue weighted by atomic mass is 19.1. The van der Waals surface area contributed by atoms with Crippen LogP contribution in [0.15, 0.2) is 48.8 Å². The molecule has 1 aromatic heterocycles. The number of likely N-dealkylation sites (tertiary alicyclic amines) is 1. The van der Waals surface area contributed by atoms with E-state index in [4.69, 9.17) is 14.6 Å². The molecule has 6 rings (SSSR count). The molecular formula is C29H30FN7O4. The van der Waals surface area contributed by atoms with Crippen molar-refractivity contribution in [3.8, 4) is 23.2 Å². The van der Waals surface area contributed by atoms with E-state index in [1.54, 1.807) is 18.2 Å². The molecule has 3 aromatic rings. The Kier molecular flexibility index (Phi) is 7.63. The fraction of sp³-hybridized carbons (Fsp3) is 0.414. The third kappa shape index (κ3) is 5.91. The number of morpholine rings is 1. The number of fused-ring (bicyclic) bond motifs is 2.